The minimum Gasteiger partial charge on any atom is -0.486 e. The molecule has 4 rings (SSSR count). The van der Waals surface area contributed by atoms with Gasteiger partial charge in [0.1, 0.15) is 22.5 Å². The Morgan fingerprint density at radius 2 is 1.94 bits per heavy atom. The maximum absolute atomic E-state index is 12.4. The van der Waals surface area contributed by atoms with Crippen molar-refractivity contribution in [2.75, 3.05) is 18.7 Å². The summed E-state index contributed by atoms with van der Waals surface area (Å²) in [5.41, 5.74) is 2.27. The fourth-order valence-corrected chi connectivity index (χ4v) is 4.29. The molecule has 10 heteroatoms. The number of carbonyl (C=O) groups is 2. The molecule has 8 nitrogen and oxygen atoms in total. The SMILES string of the molecule is COC(=O)N(COC(=O)c1cccnc1Cl)c1ccc(OCc2nc3ccccc3s2)cc1C. The summed E-state index contributed by atoms with van der Waals surface area (Å²) in [6, 6.07) is 16.2. The van der Waals surface area contributed by atoms with Crippen LogP contribution in [0, 0.1) is 6.92 Å². The molecule has 0 aliphatic rings. The van der Waals surface area contributed by atoms with Gasteiger partial charge >= 0.3 is 12.1 Å². The van der Waals surface area contributed by atoms with E-state index in [0.29, 0.717) is 18.0 Å². The van der Waals surface area contributed by atoms with Gasteiger partial charge in [0.05, 0.1) is 28.6 Å². The van der Waals surface area contributed by atoms with Crippen molar-refractivity contribution in [1.82, 2.24) is 9.97 Å². The van der Waals surface area contributed by atoms with Gasteiger partial charge in [-0.1, -0.05) is 23.7 Å². The molecule has 0 bridgehead atoms. The molecule has 4 aromatic rings. The number of aryl methyl sites for hydroxylation is 1. The third kappa shape index (κ3) is 5.27. The van der Waals surface area contributed by atoms with Crippen molar-refractivity contribution < 1.29 is 23.8 Å². The zero-order valence-corrected chi connectivity index (χ0v) is 19.9. The summed E-state index contributed by atoms with van der Waals surface area (Å²) in [7, 11) is 1.25. The predicted octanol–water partition coefficient (Wildman–Crippen LogP) is 5.62. The van der Waals surface area contributed by atoms with E-state index >= 15 is 0 Å². The molecule has 0 N–H and O–H groups in total. The maximum Gasteiger partial charge on any atom is 0.416 e. The number of rotatable bonds is 7. The van der Waals surface area contributed by atoms with Crippen LogP contribution in [0.3, 0.4) is 0 Å². The summed E-state index contributed by atoms with van der Waals surface area (Å²) < 4.78 is 17.2. The number of fused-ring (bicyclic) bond motifs is 1. The number of thiazole rings is 1. The van der Waals surface area contributed by atoms with Gasteiger partial charge in [0.15, 0.2) is 6.73 Å². The topological polar surface area (TPSA) is 90.8 Å². The first-order valence-corrected chi connectivity index (χ1v) is 11.4. The number of ether oxygens (including phenoxy) is 3. The number of hydrogen-bond donors (Lipinski definition) is 0. The van der Waals surface area contributed by atoms with Crippen LogP contribution in [0.4, 0.5) is 10.5 Å². The average Bonchev–Trinajstić information content (AvgIpc) is 3.27. The molecule has 0 unspecified atom stereocenters. The first-order chi connectivity index (χ1) is 16.5. The van der Waals surface area contributed by atoms with Crippen LogP contribution in [-0.2, 0) is 16.1 Å². The van der Waals surface area contributed by atoms with Crippen LogP contribution in [0.1, 0.15) is 20.9 Å². The Morgan fingerprint density at radius 1 is 1.12 bits per heavy atom. The second-order valence-electron chi connectivity index (χ2n) is 7.11. The third-order valence-corrected chi connectivity index (χ3v) is 6.17. The van der Waals surface area contributed by atoms with Crippen molar-refractivity contribution in [2.45, 2.75) is 13.5 Å². The molecule has 0 spiro atoms. The fourth-order valence-electron chi connectivity index (χ4n) is 3.22. The van der Waals surface area contributed by atoms with E-state index in [2.05, 4.69) is 9.97 Å². The quantitative estimate of drug-likeness (QED) is 0.186. The smallest absolute Gasteiger partial charge is 0.416 e. The Labute approximate surface area is 204 Å². The van der Waals surface area contributed by atoms with Gasteiger partial charge in [0, 0.05) is 6.20 Å². The van der Waals surface area contributed by atoms with E-state index in [1.807, 2.05) is 31.2 Å². The van der Waals surface area contributed by atoms with Crippen molar-refractivity contribution in [3.63, 3.8) is 0 Å². The molecule has 1 amide bonds. The van der Waals surface area contributed by atoms with Crippen LogP contribution in [0.2, 0.25) is 5.15 Å². The zero-order chi connectivity index (χ0) is 24.1. The predicted molar refractivity (Wildman–Crippen MR) is 130 cm³/mol. The highest BCUT2D eigenvalue weighted by Gasteiger charge is 2.22. The molecule has 2 aromatic heterocycles. The van der Waals surface area contributed by atoms with E-state index in [1.165, 1.54) is 24.3 Å². The van der Waals surface area contributed by atoms with E-state index in [0.717, 1.165) is 20.8 Å². The molecule has 34 heavy (non-hydrogen) atoms. The summed E-state index contributed by atoms with van der Waals surface area (Å²) in [6.07, 6.45) is 0.778. The minimum atomic E-state index is -0.708. The molecule has 0 saturated heterocycles. The number of aromatic nitrogens is 2. The van der Waals surface area contributed by atoms with E-state index in [9.17, 15) is 9.59 Å². The Kier molecular flexibility index (Phi) is 7.24. The molecule has 0 aliphatic carbocycles. The molecule has 0 radical (unpaired) electrons. The van der Waals surface area contributed by atoms with Crippen molar-refractivity contribution in [1.29, 1.82) is 0 Å². The van der Waals surface area contributed by atoms with Gasteiger partial charge in [-0.05, 0) is 55.0 Å². The fraction of sp³-hybridized carbons (Fsp3) is 0.167. The van der Waals surface area contributed by atoms with E-state index < -0.39 is 12.1 Å². The second-order valence-corrected chi connectivity index (χ2v) is 8.59. The van der Waals surface area contributed by atoms with Crippen molar-refractivity contribution >= 4 is 50.9 Å². The van der Waals surface area contributed by atoms with Crippen molar-refractivity contribution in [2.24, 2.45) is 0 Å². The lowest BCUT2D eigenvalue weighted by Crippen LogP contribution is -2.34. The number of hydrogen-bond acceptors (Lipinski definition) is 8. The molecular weight excluding hydrogens is 478 g/mol. The summed E-state index contributed by atoms with van der Waals surface area (Å²) in [6.45, 7) is 1.77. The number of benzene rings is 2. The van der Waals surface area contributed by atoms with E-state index in [1.54, 1.807) is 35.6 Å². The van der Waals surface area contributed by atoms with E-state index in [4.69, 9.17) is 25.8 Å². The van der Waals surface area contributed by atoms with Crippen molar-refractivity contribution in [3.05, 3.63) is 82.1 Å². The van der Waals surface area contributed by atoms with Crippen LogP contribution < -0.4 is 9.64 Å². The zero-order valence-electron chi connectivity index (χ0n) is 18.4. The van der Waals surface area contributed by atoms with Crippen LogP contribution in [0.25, 0.3) is 10.2 Å². The molecule has 2 heterocycles. The summed E-state index contributed by atoms with van der Waals surface area (Å²) >= 11 is 7.52. The van der Waals surface area contributed by atoms with Gasteiger partial charge in [0.25, 0.3) is 0 Å². The van der Waals surface area contributed by atoms with Crippen molar-refractivity contribution in [3.8, 4) is 5.75 Å². The van der Waals surface area contributed by atoms with Crippen LogP contribution in [0.15, 0.2) is 60.8 Å². The highest BCUT2D eigenvalue weighted by molar-refractivity contribution is 7.18. The molecule has 0 fully saturated rings. The Morgan fingerprint density at radius 3 is 2.68 bits per heavy atom. The highest BCUT2D eigenvalue weighted by Crippen LogP contribution is 2.28. The largest absolute Gasteiger partial charge is 0.486 e. The number of methoxy groups -OCH3 is 1. The second kappa shape index (κ2) is 10.5. The number of esters is 1. The van der Waals surface area contributed by atoms with Gasteiger partial charge in [-0.2, -0.15) is 0 Å². The number of anilines is 1. The van der Waals surface area contributed by atoms with E-state index in [-0.39, 0.29) is 17.4 Å². The standard InChI is InChI=1S/C24H20ClN3O5S/c1-15-12-16(32-13-21-27-18-7-3-4-8-20(18)34-21)9-10-19(15)28(24(30)31-2)14-33-23(29)17-6-5-11-26-22(17)25/h3-12H,13-14H2,1-2H3. The molecular formula is C24H20ClN3O5S. The lowest BCUT2D eigenvalue weighted by molar-refractivity contribution is 0.0502. The molecule has 0 saturated carbocycles. The minimum absolute atomic E-state index is 0.0166. The first kappa shape index (κ1) is 23.5. The molecule has 0 atom stereocenters. The summed E-state index contributed by atoms with van der Waals surface area (Å²) in [5, 5.41) is 0.878. The monoisotopic (exact) mass is 497 g/mol. The lowest BCUT2D eigenvalue weighted by atomic mass is 10.2. The maximum atomic E-state index is 12.4. The Hall–Kier alpha value is -3.69. The van der Waals surface area contributed by atoms with Gasteiger partial charge < -0.3 is 14.2 Å². The summed E-state index contributed by atoms with van der Waals surface area (Å²) in [5.74, 6) is -0.0927. The Bertz CT molecular complexity index is 1310. The van der Waals surface area contributed by atoms with Gasteiger partial charge in [-0.25, -0.2) is 24.5 Å². The number of pyridine rings is 1. The number of carbonyl (C=O) groups excluding carboxylic acids is 2. The number of para-hydroxylation sites is 1. The Balaban J connectivity index is 1.45. The average molecular weight is 498 g/mol. The third-order valence-electron chi connectivity index (χ3n) is 4.86. The number of nitrogens with zero attached hydrogens (tertiary/aromatic N) is 3. The number of halogens is 1. The molecule has 0 aliphatic heterocycles. The molecule has 174 valence electrons. The highest BCUT2D eigenvalue weighted by atomic mass is 35.5. The van der Waals surface area contributed by atoms with Gasteiger partial charge in [0.2, 0.25) is 0 Å². The van der Waals surface area contributed by atoms with Gasteiger partial charge in [-0.15, -0.1) is 11.3 Å². The normalized spacial score (nSPS) is 10.7. The molecule has 2 aromatic carbocycles. The van der Waals surface area contributed by atoms with Gasteiger partial charge in [-0.3, -0.25) is 0 Å². The lowest BCUT2D eigenvalue weighted by Gasteiger charge is -2.23. The summed E-state index contributed by atoms with van der Waals surface area (Å²) in [4.78, 5) is 34.4. The van der Waals surface area contributed by atoms with Crippen LogP contribution in [0.5, 0.6) is 5.75 Å². The number of amides is 1. The van der Waals surface area contributed by atoms with Crippen LogP contribution in [-0.4, -0.2) is 35.9 Å². The van der Waals surface area contributed by atoms with Crippen LogP contribution >= 0.6 is 22.9 Å². The first-order valence-electron chi connectivity index (χ1n) is 10.2.